The molecule has 1 aromatic carbocycles. The van der Waals surface area contributed by atoms with Crippen molar-refractivity contribution in [3.8, 4) is 11.8 Å². The van der Waals surface area contributed by atoms with Gasteiger partial charge in [-0.25, -0.2) is 0 Å². The highest BCUT2D eigenvalue weighted by Gasteiger charge is 2.09. The summed E-state index contributed by atoms with van der Waals surface area (Å²) < 4.78 is 0. The minimum absolute atomic E-state index is 0.902. The van der Waals surface area contributed by atoms with Gasteiger partial charge in [-0.2, -0.15) is 0 Å². The number of piperazine rings is 1. The molecule has 2 nitrogen and oxygen atoms in total. The molecule has 0 spiro atoms. The van der Waals surface area contributed by atoms with Crippen molar-refractivity contribution in [2.24, 2.45) is 0 Å². The zero-order valence-corrected chi connectivity index (χ0v) is 11.5. The van der Waals surface area contributed by atoms with Gasteiger partial charge in [0.05, 0.1) is 6.54 Å². The Morgan fingerprint density at radius 1 is 1.05 bits per heavy atom. The SMILES string of the molecule is C(#Cc1ccc2c(c1)CCCC2)CN1CCNCC1. The second-order valence-electron chi connectivity index (χ2n) is 5.52. The maximum absolute atomic E-state index is 3.37. The molecule has 100 valence electrons. The van der Waals surface area contributed by atoms with E-state index in [9.17, 15) is 0 Å². The van der Waals surface area contributed by atoms with Crippen molar-refractivity contribution in [1.82, 2.24) is 10.2 Å². The predicted octanol–water partition coefficient (Wildman–Crippen LogP) is 1.82. The molecule has 0 amide bonds. The lowest BCUT2D eigenvalue weighted by Gasteiger charge is -2.24. The molecule has 0 unspecified atom stereocenters. The molecule has 2 heteroatoms. The largest absolute Gasteiger partial charge is 0.314 e. The van der Waals surface area contributed by atoms with Gasteiger partial charge in [-0.3, -0.25) is 4.90 Å². The molecule has 1 aliphatic heterocycles. The van der Waals surface area contributed by atoms with Crippen molar-refractivity contribution in [3.05, 3.63) is 34.9 Å². The third kappa shape index (κ3) is 3.37. The Bertz CT molecular complexity index is 490. The molecular weight excluding hydrogens is 232 g/mol. The Labute approximate surface area is 116 Å². The van der Waals surface area contributed by atoms with Gasteiger partial charge in [-0.05, 0) is 48.9 Å². The van der Waals surface area contributed by atoms with Crippen LogP contribution in [0.4, 0.5) is 0 Å². The molecule has 1 saturated heterocycles. The quantitative estimate of drug-likeness (QED) is 0.769. The molecule has 2 aliphatic rings. The zero-order valence-electron chi connectivity index (χ0n) is 11.5. The fraction of sp³-hybridized carbons (Fsp3) is 0.529. The number of nitrogens with one attached hydrogen (secondary N) is 1. The van der Waals surface area contributed by atoms with Gasteiger partial charge in [0.25, 0.3) is 0 Å². The summed E-state index contributed by atoms with van der Waals surface area (Å²) in [6.45, 7) is 5.34. The van der Waals surface area contributed by atoms with E-state index >= 15 is 0 Å². The third-order valence-electron chi connectivity index (χ3n) is 4.09. The molecule has 1 aliphatic carbocycles. The number of hydrogen-bond donors (Lipinski definition) is 1. The van der Waals surface area contributed by atoms with Crippen LogP contribution in [0, 0.1) is 11.8 Å². The van der Waals surface area contributed by atoms with Crippen LogP contribution in [0.3, 0.4) is 0 Å². The first-order valence-electron chi connectivity index (χ1n) is 7.45. The normalized spacial score (nSPS) is 19.4. The Morgan fingerprint density at radius 2 is 1.84 bits per heavy atom. The van der Waals surface area contributed by atoms with E-state index < -0.39 is 0 Å². The summed E-state index contributed by atoms with van der Waals surface area (Å²) in [5, 5.41) is 3.37. The number of rotatable bonds is 1. The summed E-state index contributed by atoms with van der Waals surface area (Å²) in [5.74, 6) is 6.66. The van der Waals surface area contributed by atoms with Crippen LogP contribution in [0.2, 0.25) is 0 Å². The molecule has 1 fully saturated rings. The summed E-state index contributed by atoms with van der Waals surface area (Å²) >= 11 is 0. The molecular formula is C17H22N2. The average Bonchev–Trinajstić information content (AvgIpc) is 2.48. The first-order chi connectivity index (χ1) is 9.42. The fourth-order valence-corrected chi connectivity index (χ4v) is 2.93. The molecule has 0 radical (unpaired) electrons. The lowest BCUT2D eigenvalue weighted by atomic mass is 9.90. The number of fused-ring (bicyclic) bond motifs is 1. The van der Waals surface area contributed by atoms with E-state index in [0.29, 0.717) is 0 Å². The van der Waals surface area contributed by atoms with Crippen LogP contribution in [-0.2, 0) is 12.8 Å². The molecule has 0 bridgehead atoms. The minimum atomic E-state index is 0.902. The highest BCUT2D eigenvalue weighted by atomic mass is 15.2. The third-order valence-corrected chi connectivity index (χ3v) is 4.09. The van der Waals surface area contributed by atoms with E-state index in [1.807, 2.05) is 0 Å². The average molecular weight is 254 g/mol. The highest BCUT2D eigenvalue weighted by Crippen LogP contribution is 2.21. The predicted molar refractivity (Wildman–Crippen MR) is 79.3 cm³/mol. The van der Waals surface area contributed by atoms with E-state index in [1.54, 1.807) is 5.56 Å². The molecule has 3 rings (SSSR count). The van der Waals surface area contributed by atoms with Crippen molar-refractivity contribution in [2.75, 3.05) is 32.7 Å². The zero-order chi connectivity index (χ0) is 12.9. The van der Waals surface area contributed by atoms with Crippen molar-refractivity contribution < 1.29 is 0 Å². The van der Waals surface area contributed by atoms with E-state index in [0.717, 1.165) is 32.7 Å². The van der Waals surface area contributed by atoms with Gasteiger partial charge in [0.1, 0.15) is 0 Å². The van der Waals surface area contributed by atoms with E-state index in [4.69, 9.17) is 0 Å². The Balaban J connectivity index is 1.63. The maximum atomic E-state index is 3.37. The molecule has 1 N–H and O–H groups in total. The summed E-state index contributed by atoms with van der Waals surface area (Å²) in [6, 6.07) is 6.78. The number of nitrogens with zero attached hydrogens (tertiary/aromatic N) is 1. The van der Waals surface area contributed by atoms with Crippen molar-refractivity contribution in [2.45, 2.75) is 25.7 Å². The maximum Gasteiger partial charge on any atom is 0.0606 e. The minimum Gasteiger partial charge on any atom is -0.314 e. The number of benzene rings is 1. The first-order valence-corrected chi connectivity index (χ1v) is 7.45. The highest BCUT2D eigenvalue weighted by molar-refractivity contribution is 5.42. The summed E-state index contributed by atoms with van der Waals surface area (Å²) in [5.41, 5.74) is 4.26. The van der Waals surface area contributed by atoms with Gasteiger partial charge in [0.2, 0.25) is 0 Å². The molecule has 1 heterocycles. The van der Waals surface area contributed by atoms with E-state index in [-0.39, 0.29) is 0 Å². The van der Waals surface area contributed by atoms with Crippen LogP contribution in [-0.4, -0.2) is 37.6 Å². The fourth-order valence-electron chi connectivity index (χ4n) is 2.93. The lowest BCUT2D eigenvalue weighted by molar-refractivity contribution is 0.268. The van der Waals surface area contributed by atoms with E-state index in [1.165, 1.54) is 36.8 Å². The number of aryl methyl sites for hydroxylation is 2. The van der Waals surface area contributed by atoms with Gasteiger partial charge in [-0.15, -0.1) is 0 Å². The van der Waals surface area contributed by atoms with Crippen molar-refractivity contribution in [1.29, 1.82) is 0 Å². The molecule has 1 aromatic rings. The van der Waals surface area contributed by atoms with Gasteiger partial charge in [0, 0.05) is 31.7 Å². The molecule has 19 heavy (non-hydrogen) atoms. The smallest absolute Gasteiger partial charge is 0.0606 e. The Kier molecular flexibility index (Phi) is 4.17. The van der Waals surface area contributed by atoms with Crippen LogP contribution in [0.25, 0.3) is 0 Å². The molecule has 0 atom stereocenters. The second kappa shape index (κ2) is 6.23. The van der Waals surface area contributed by atoms with Crippen LogP contribution >= 0.6 is 0 Å². The summed E-state index contributed by atoms with van der Waals surface area (Å²) in [4.78, 5) is 2.42. The van der Waals surface area contributed by atoms with Crippen LogP contribution in [0.1, 0.15) is 29.5 Å². The van der Waals surface area contributed by atoms with Gasteiger partial charge < -0.3 is 5.32 Å². The monoisotopic (exact) mass is 254 g/mol. The lowest BCUT2D eigenvalue weighted by Crippen LogP contribution is -2.43. The Morgan fingerprint density at radius 3 is 2.68 bits per heavy atom. The Hall–Kier alpha value is -1.30. The second-order valence-corrected chi connectivity index (χ2v) is 5.52. The summed E-state index contributed by atoms with van der Waals surface area (Å²) in [7, 11) is 0. The first kappa shape index (κ1) is 12.7. The summed E-state index contributed by atoms with van der Waals surface area (Å²) in [6.07, 6.45) is 5.18. The van der Waals surface area contributed by atoms with E-state index in [2.05, 4.69) is 40.3 Å². The van der Waals surface area contributed by atoms with Crippen molar-refractivity contribution in [3.63, 3.8) is 0 Å². The standard InChI is InChI=1S/C17H22N2/c1-2-6-17-14-15(7-8-16(17)5-1)4-3-11-19-12-9-18-10-13-19/h7-8,14,18H,1-2,5-6,9-13H2. The topological polar surface area (TPSA) is 15.3 Å². The number of hydrogen-bond acceptors (Lipinski definition) is 2. The van der Waals surface area contributed by atoms with Crippen LogP contribution in [0.15, 0.2) is 18.2 Å². The molecule has 0 aromatic heterocycles. The van der Waals surface area contributed by atoms with Crippen LogP contribution < -0.4 is 5.32 Å². The van der Waals surface area contributed by atoms with Gasteiger partial charge in [-0.1, -0.05) is 17.9 Å². The van der Waals surface area contributed by atoms with Crippen LogP contribution in [0.5, 0.6) is 0 Å². The molecule has 0 saturated carbocycles. The van der Waals surface area contributed by atoms with Crippen molar-refractivity contribution >= 4 is 0 Å². The van der Waals surface area contributed by atoms with Gasteiger partial charge >= 0.3 is 0 Å². The van der Waals surface area contributed by atoms with Gasteiger partial charge in [0.15, 0.2) is 0 Å².